The molecule has 1 fully saturated rings. The SMILES string of the molecule is CCC(N)(CC)CNC(=O)C1(c2ccccc2)CC1.Cl. The smallest absolute Gasteiger partial charge is 0.230 e. The maximum absolute atomic E-state index is 12.4. The van der Waals surface area contributed by atoms with Crippen molar-refractivity contribution in [2.75, 3.05) is 6.54 Å². The van der Waals surface area contributed by atoms with Crippen molar-refractivity contribution >= 4 is 18.3 Å². The number of nitrogens with two attached hydrogens (primary N) is 1. The highest BCUT2D eigenvalue weighted by molar-refractivity contribution is 5.91. The summed E-state index contributed by atoms with van der Waals surface area (Å²) in [7, 11) is 0. The Morgan fingerprint density at radius 3 is 2.25 bits per heavy atom. The first-order valence-electron chi connectivity index (χ1n) is 7.19. The van der Waals surface area contributed by atoms with E-state index in [2.05, 4.69) is 19.2 Å². The highest BCUT2D eigenvalue weighted by Crippen LogP contribution is 2.48. The van der Waals surface area contributed by atoms with Crippen LogP contribution >= 0.6 is 12.4 Å². The largest absolute Gasteiger partial charge is 0.353 e. The lowest BCUT2D eigenvalue weighted by Crippen LogP contribution is -2.51. The van der Waals surface area contributed by atoms with Gasteiger partial charge in [-0.1, -0.05) is 44.2 Å². The van der Waals surface area contributed by atoms with Crippen molar-refractivity contribution in [2.45, 2.75) is 50.5 Å². The van der Waals surface area contributed by atoms with Crippen molar-refractivity contribution < 1.29 is 4.79 Å². The molecule has 112 valence electrons. The summed E-state index contributed by atoms with van der Waals surface area (Å²) in [5.74, 6) is 0.135. The number of carbonyl (C=O) groups excluding carboxylic acids is 1. The third kappa shape index (κ3) is 3.33. The second kappa shape index (κ2) is 6.59. The van der Waals surface area contributed by atoms with Crippen LogP contribution in [0.25, 0.3) is 0 Å². The zero-order valence-electron chi connectivity index (χ0n) is 12.3. The summed E-state index contributed by atoms with van der Waals surface area (Å²) in [6.07, 6.45) is 3.64. The number of benzene rings is 1. The Kier molecular flexibility index (Phi) is 5.60. The van der Waals surface area contributed by atoms with Crippen LogP contribution in [0.5, 0.6) is 0 Å². The minimum Gasteiger partial charge on any atom is -0.353 e. The fourth-order valence-corrected chi connectivity index (χ4v) is 2.45. The van der Waals surface area contributed by atoms with Gasteiger partial charge in [-0.05, 0) is 31.2 Å². The second-order valence-electron chi connectivity index (χ2n) is 5.70. The summed E-state index contributed by atoms with van der Waals surface area (Å²) in [5.41, 5.74) is 6.80. The molecule has 3 N–H and O–H groups in total. The maximum Gasteiger partial charge on any atom is 0.230 e. The number of rotatable bonds is 6. The van der Waals surface area contributed by atoms with Gasteiger partial charge in [0.2, 0.25) is 5.91 Å². The molecule has 0 unspecified atom stereocenters. The molecule has 0 saturated heterocycles. The lowest BCUT2D eigenvalue weighted by atomic mass is 9.92. The molecule has 4 heteroatoms. The number of halogens is 1. The molecule has 0 heterocycles. The zero-order valence-corrected chi connectivity index (χ0v) is 13.1. The van der Waals surface area contributed by atoms with Crippen molar-refractivity contribution in [3.63, 3.8) is 0 Å². The van der Waals surface area contributed by atoms with E-state index in [1.807, 2.05) is 30.3 Å². The summed E-state index contributed by atoms with van der Waals surface area (Å²) in [4.78, 5) is 12.4. The Bertz CT molecular complexity index is 439. The van der Waals surface area contributed by atoms with Gasteiger partial charge in [0.15, 0.2) is 0 Å². The van der Waals surface area contributed by atoms with Crippen molar-refractivity contribution in [2.24, 2.45) is 5.73 Å². The average Bonchev–Trinajstić information content (AvgIpc) is 3.27. The Balaban J connectivity index is 0.00000200. The van der Waals surface area contributed by atoms with E-state index in [1.165, 1.54) is 0 Å². The van der Waals surface area contributed by atoms with E-state index in [4.69, 9.17) is 5.73 Å². The number of hydrogen-bond acceptors (Lipinski definition) is 2. The van der Waals surface area contributed by atoms with Gasteiger partial charge in [-0.15, -0.1) is 12.4 Å². The molecule has 1 aliphatic rings. The van der Waals surface area contributed by atoms with Gasteiger partial charge in [0.1, 0.15) is 0 Å². The van der Waals surface area contributed by atoms with Crippen LogP contribution in [0.1, 0.15) is 45.1 Å². The molecule has 1 aliphatic carbocycles. The van der Waals surface area contributed by atoms with Gasteiger partial charge in [0, 0.05) is 12.1 Å². The van der Waals surface area contributed by atoms with Gasteiger partial charge in [0.25, 0.3) is 0 Å². The molecule has 20 heavy (non-hydrogen) atoms. The number of carbonyl (C=O) groups is 1. The Hall–Kier alpha value is -1.06. The normalized spacial score (nSPS) is 16.1. The number of hydrogen-bond donors (Lipinski definition) is 2. The zero-order chi connectivity index (χ0) is 13.9. The molecule has 0 aromatic heterocycles. The lowest BCUT2D eigenvalue weighted by Gasteiger charge is -2.28. The molecular weight excluding hydrogens is 272 g/mol. The third-order valence-electron chi connectivity index (χ3n) is 4.52. The van der Waals surface area contributed by atoms with Crippen molar-refractivity contribution in [1.29, 1.82) is 0 Å². The van der Waals surface area contributed by atoms with E-state index in [1.54, 1.807) is 0 Å². The van der Waals surface area contributed by atoms with Crippen LogP contribution in [0.15, 0.2) is 30.3 Å². The molecule has 3 nitrogen and oxygen atoms in total. The standard InChI is InChI=1S/C16H24N2O.ClH/c1-3-15(17,4-2)12-18-14(19)16(10-11-16)13-8-6-5-7-9-13;/h5-9H,3-4,10-12,17H2,1-2H3,(H,18,19);1H. The first kappa shape index (κ1) is 17.0. The molecule has 2 rings (SSSR count). The highest BCUT2D eigenvalue weighted by atomic mass is 35.5. The maximum atomic E-state index is 12.4. The van der Waals surface area contributed by atoms with Crippen LogP contribution in [-0.2, 0) is 10.2 Å². The summed E-state index contributed by atoms with van der Waals surface area (Å²) in [6.45, 7) is 4.70. The van der Waals surface area contributed by atoms with Crippen LogP contribution in [0.4, 0.5) is 0 Å². The lowest BCUT2D eigenvalue weighted by molar-refractivity contribution is -0.123. The van der Waals surface area contributed by atoms with E-state index in [0.717, 1.165) is 31.2 Å². The summed E-state index contributed by atoms with van der Waals surface area (Å²) < 4.78 is 0. The fraction of sp³-hybridized carbons (Fsp3) is 0.562. The molecule has 0 bridgehead atoms. The Morgan fingerprint density at radius 1 is 1.25 bits per heavy atom. The van der Waals surface area contributed by atoms with E-state index >= 15 is 0 Å². The molecule has 1 aromatic carbocycles. The van der Waals surface area contributed by atoms with E-state index in [-0.39, 0.29) is 29.3 Å². The van der Waals surface area contributed by atoms with Gasteiger partial charge >= 0.3 is 0 Å². The fourth-order valence-electron chi connectivity index (χ4n) is 2.45. The molecule has 0 atom stereocenters. The summed E-state index contributed by atoms with van der Waals surface area (Å²) in [6, 6.07) is 10.1. The predicted molar refractivity (Wildman–Crippen MR) is 85.1 cm³/mol. The quantitative estimate of drug-likeness (QED) is 0.848. The number of nitrogens with one attached hydrogen (secondary N) is 1. The molecule has 1 amide bonds. The van der Waals surface area contributed by atoms with Crippen LogP contribution in [0, 0.1) is 0 Å². The van der Waals surface area contributed by atoms with Crippen LogP contribution in [-0.4, -0.2) is 18.0 Å². The molecule has 0 radical (unpaired) electrons. The second-order valence-corrected chi connectivity index (χ2v) is 5.70. The molecule has 1 aromatic rings. The van der Waals surface area contributed by atoms with Gasteiger partial charge in [0.05, 0.1) is 5.41 Å². The van der Waals surface area contributed by atoms with Crippen LogP contribution in [0.3, 0.4) is 0 Å². The first-order valence-corrected chi connectivity index (χ1v) is 7.19. The van der Waals surface area contributed by atoms with Gasteiger partial charge in [-0.2, -0.15) is 0 Å². The monoisotopic (exact) mass is 296 g/mol. The third-order valence-corrected chi connectivity index (χ3v) is 4.52. The minimum absolute atomic E-state index is 0. The van der Waals surface area contributed by atoms with Crippen LogP contribution in [0.2, 0.25) is 0 Å². The Labute approximate surface area is 127 Å². The summed E-state index contributed by atoms with van der Waals surface area (Å²) in [5, 5.41) is 3.06. The van der Waals surface area contributed by atoms with E-state index in [0.29, 0.717) is 6.54 Å². The predicted octanol–water partition coefficient (Wildman–Crippen LogP) is 2.77. The van der Waals surface area contributed by atoms with E-state index in [9.17, 15) is 4.79 Å². The topological polar surface area (TPSA) is 55.1 Å². The molecule has 1 saturated carbocycles. The van der Waals surface area contributed by atoms with Crippen molar-refractivity contribution in [1.82, 2.24) is 5.32 Å². The van der Waals surface area contributed by atoms with Crippen molar-refractivity contribution in [3.05, 3.63) is 35.9 Å². The summed E-state index contributed by atoms with van der Waals surface area (Å²) >= 11 is 0. The number of amides is 1. The van der Waals surface area contributed by atoms with Gasteiger partial charge in [-0.25, -0.2) is 0 Å². The van der Waals surface area contributed by atoms with Crippen molar-refractivity contribution in [3.8, 4) is 0 Å². The highest BCUT2D eigenvalue weighted by Gasteiger charge is 2.51. The van der Waals surface area contributed by atoms with Gasteiger partial charge in [-0.3, -0.25) is 4.79 Å². The average molecular weight is 297 g/mol. The Morgan fingerprint density at radius 2 is 1.80 bits per heavy atom. The first-order chi connectivity index (χ1) is 9.06. The van der Waals surface area contributed by atoms with Crippen LogP contribution < -0.4 is 11.1 Å². The van der Waals surface area contributed by atoms with E-state index < -0.39 is 0 Å². The molecular formula is C16H25ClN2O. The minimum atomic E-state index is -0.288. The van der Waals surface area contributed by atoms with Gasteiger partial charge < -0.3 is 11.1 Å². The molecule has 0 aliphatic heterocycles. The molecule has 0 spiro atoms.